The molecular weight excluding hydrogens is 252 g/mol. The maximum Gasteiger partial charge on any atom is 0.251 e. The Morgan fingerprint density at radius 2 is 2.11 bits per heavy atom. The molecular formula is C13H17ClN2O2. The summed E-state index contributed by atoms with van der Waals surface area (Å²) in [5.41, 5.74) is 0.540. The van der Waals surface area contributed by atoms with E-state index in [9.17, 15) is 4.79 Å². The second-order valence-electron chi connectivity index (χ2n) is 4.38. The normalized spacial score (nSPS) is 16.3. The highest BCUT2D eigenvalue weighted by atomic mass is 35.5. The average Bonchev–Trinajstić information content (AvgIpc) is 2.39. The number of carbonyl (C=O) groups excluding carboxylic acids is 1. The van der Waals surface area contributed by atoms with E-state index in [1.54, 1.807) is 25.3 Å². The average molecular weight is 269 g/mol. The summed E-state index contributed by atoms with van der Waals surface area (Å²) in [6.07, 6.45) is 1.92. The van der Waals surface area contributed by atoms with Gasteiger partial charge in [0, 0.05) is 16.6 Å². The van der Waals surface area contributed by atoms with Crippen molar-refractivity contribution in [3.05, 3.63) is 28.8 Å². The lowest BCUT2D eigenvalue weighted by Gasteiger charge is -2.23. The van der Waals surface area contributed by atoms with Crippen LogP contribution >= 0.6 is 11.6 Å². The molecule has 1 saturated heterocycles. The van der Waals surface area contributed by atoms with Crippen molar-refractivity contribution in [3.63, 3.8) is 0 Å². The van der Waals surface area contributed by atoms with Crippen molar-refractivity contribution in [3.8, 4) is 5.75 Å². The number of hydrogen-bond acceptors (Lipinski definition) is 3. The molecule has 1 aliphatic rings. The molecule has 0 unspecified atom stereocenters. The van der Waals surface area contributed by atoms with Gasteiger partial charge in [-0.25, -0.2) is 0 Å². The number of amides is 1. The van der Waals surface area contributed by atoms with Crippen molar-refractivity contribution < 1.29 is 9.53 Å². The Labute approximate surface area is 112 Å². The number of methoxy groups -OCH3 is 1. The van der Waals surface area contributed by atoms with Gasteiger partial charge in [-0.1, -0.05) is 11.6 Å². The highest BCUT2D eigenvalue weighted by molar-refractivity contribution is 6.31. The molecule has 4 nitrogen and oxygen atoms in total. The molecule has 1 fully saturated rings. The van der Waals surface area contributed by atoms with Gasteiger partial charge in [0.15, 0.2) is 0 Å². The first kappa shape index (κ1) is 13.2. The summed E-state index contributed by atoms with van der Waals surface area (Å²) in [4.78, 5) is 12.1. The van der Waals surface area contributed by atoms with Crippen LogP contribution in [0.15, 0.2) is 18.2 Å². The zero-order valence-electron chi connectivity index (χ0n) is 10.3. The minimum Gasteiger partial charge on any atom is -0.497 e. The van der Waals surface area contributed by atoms with Crippen LogP contribution in [0, 0.1) is 0 Å². The minimum atomic E-state index is -0.0947. The van der Waals surface area contributed by atoms with Crippen LogP contribution in [0.25, 0.3) is 0 Å². The summed E-state index contributed by atoms with van der Waals surface area (Å²) in [6, 6.07) is 5.27. The Morgan fingerprint density at radius 1 is 1.39 bits per heavy atom. The first-order chi connectivity index (χ1) is 8.69. The van der Waals surface area contributed by atoms with Crippen LogP contribution in [0.1, 0.15) is 23.2 Å². The number of halogens is 1. The van der Waals surface area contributed by atoms with E-state index < -0.39 is 0 Å². The monoisotopic (exact) mass is 268 g/mol. The summed E-state index contributed by atoms with van der Waals surface area (Å²) in [7, 11) is 1.56. The van der Waals surface area contributed by atoms with Gasteiger partial charge in [-0.15, -0.1) is 0 Å². The first-order valence-corrected chi connectivity index (χ1v) is 6.43. The lowest BCUT2D eigenvalue weighted by molar-refractivity contribution is 0.0929. The van der Waals surface area contributed by atoms with Gasteiger partial charge in [0.05, 0.1) is 7.11 Å². The van der Waals surface area contributed by atoms with Crippen LogP contribution in [0.3, 0.4) is 0 Å². The lowest BCUT2D eigenvalue weighted by atomic mass is 10.1. The van der Waals surface area contributed by atoms with Gasteiger partial charge in [0.1, 0.15) is 5.75 Å². The summed E-state index contributed by atoms with van der Waals surface area (Å²) < 4.78 is 5.10. The molecule has 1 amide bonds. The van der Waals surface area contributed by atoms with Gasteiger partial charge < -0.3 is 15.4 Å². The molecule has 5 heteroatoms. The second-order valence-corrected chi connectivity index (χ2v) is 4.81. The summed E-state index contributed by atoms with van der Waals surface area (Å²) >= 11 is 5.95. The van der Waals surface area contributed by atoms with E-state index in [1.165, 1.54) is 0 Å². The van der Waals surface area contributed by atoms with Crippen molar-refractivity contribution in [2.24, 2.45) is 0 Å². The van der Waals surface area contributed by atoms with Crippen molar-refractivity contribution in [1.82, 2.24) is 10.6 Å². The molecule has 2 N–H and O–H groups in total. The van der Waals surface area contributed by atoms with Gasteiger partial charge in [-0.05, 0) is 44.1 Å². The van der Waals surface area contributed by atoms with Crippen LogP contribution in [-0.4, -0.2) is 32.1 Å². The van der Waals surface area contributed by atoms with Crippen LogP contribution < -0.4 is 15.4 Å². The number of piperidine rings is 1. The molecule has 1 aliphatic heterocycles. The summed E-state index contributed by atoms with van der Waals surface area (Å²) in [5, 5.41) is 6.79. The number of ether oxygens (including phenoxy) is 1. The van der Waals surface area contributed by atoms with Gasteiger partial charge >= 0.3 is 0 Å². The largest absolute Gasteiger partial charge is 0.497 e. The van der Waals surface area contributed by atoms with E-state index in [0.29, 0.717) is 16.3 Å². The van der Waals surface area contributed by atoms with E-state index in [4.69, 9.17) is 16.3 Å². The number of rotatable bonds is 3. The molecule has 0 spiro atoms. The third-order valence-electron chi connectivity index (χ3n) is 3.04. The van der Waals surface area contributed by atoms with Gasteiger partial charge in [0.25, 0.3) is 5.91 Å². The molecule has 98 valence electrons. The van der Waals surface area contributed by atoms with E-state index in [0.717, 1.165) is 25.9 Å². The molecule has 0 radical (unpaired) electrons. The number of nitrogens with one attached hydrogen (secondary N) is 2. The Balaban J connectivity index is 2.05. The molecule has 0 aliphatic carbocycles. The fraction of sp³-hybridized carbons (Fsp3) is 0.462. The number of carbonyl (C=O) groups is 1. The zero-order valence-corrected chi connectivity index (χ0v) is 11.1. The Bertz CT molecular complexity index is 431. The van der Waals surface area contributed by atoms with Crippen molar-refractivity contribution in [1.29, 1.82) is 0 Å². The summed E-state index contributed by atoms with van der Waals surface area (Å²) in [6.45, 7) is 1.90. The third kappa shape index (κ3) is 3.37. The van der Waals surface area contributed by atoms with Crippen molar-refractivity contribution >= 4 is 17.5 Å². The number of hydrogen-bond donors (Lipinski definition) is 2. The Kier molecular flexibility index (Phi) is 4.44. The molecule has 0 aromatic heterocycles. The zero-order chi connectivity index (χ0) is 13.0. The molecule has 18 heavy (non-hydrogen) atoms. The third-order valence-corrected chi connectivity index (χ3v) is 3.26. The maximum atomic E-state index is 12.1. The Morgan fingerprint density at radius 3 is 2.78 bits per heavy atom. The van der Waals surface area contributed by atoms with E-state index in [2.05, 4.69) is 10.6 Å². The van der Waals surface area contributed by atoms with Gasteiger partial charge in [0.2, 0.25) is 0 Å². The smallest absolute Gasteiger partial charge is 0.251 e. The standard InChI is InChI=1S/C13H17ClN2O2/c1-18-12-7-9(6-10(14)8-12)13(17)16-11-2-4-15-5-3-11/h6-8,11,15H,2-5H2,1H3,(H,16,17). The van der Waals surface area contributed by atoms with Gasteiger partial charge in [-0.2, -0.15) is 0 Å². The highest BCUT2D eigenvalue weighted by Crippen LogP contribution is 2.21. The molecule has 1 aromatic rings. The SMILES string of the molecule is COc1cc(Cl)cc(C(=O)NC2CCNCC2)c1. The fourth-order valence-electron chi connectivity index (χ4n) is 2.05. The fourth-order valence-corrected chi connectivity index (χ4v) is 2.27. The lowest BCUT2D eigenvalue weighted by Crippen LogP contribution is -2.42. The summed E-state index contributed by atoms with van der Waals surface area (Å²) in [5.74, 6) is 0.501. The van der Waals surface area contributed by atoms with Crippen molar-refractivity contribution in [2.45, 2.75) is 18.9 Å². The molecule has 0 atom stereocenters. The van der Waals surface area contributed by atoms with Crippen LogP contribution in [-0.2, 0) is 0 Å². The Hall–Kier alpha value is -1.26. The van der Waals surface area contributed by atoms with E-state index in [-0.39, 0.29) is 11.9 Å². The van der Waals surface area contributed by atoms with Gasteiger partial charge in [-0.3, -0.25) is 4.79 Å². The topological polar surface area (TPSA) is 50.4 Å². The highest BCUT2D eigenvalue weighted by Gasteiger charge is 2.17. The van der Waals surface area contributed by atoms with E-state index in [1.807, 2.05) is 0 Å². The first-order valence-electron chi connectivity index (χ1n) is 6.05. The molecule has 0 bridgehead atoms. The maximum absolute atomic E-state index is 12.1. The van der Waals surface area contributed by atoms with Crippen LogP contribution in [0.2, 0.25) is 5.02 Å². The second kappa shape index (κ2) is 6.07. The molecule has 0 saturated carbocycles. The van der Waals surface area contributed by atoms with Crippen LogP contribution in [0.5, 0.6) is 5.75 Å². The van der Waals surface area contributed by atoms with E-state index >= 15 is 0 Å². The molecule has 1 aromatic carbocycles. The predicted octanol–water partition coefficient (Wildman–Crippen LogP) is 1.83. The molecule has 1 heterocycles. The quantitative estimate of drug-likeness (QED) is 0.879. The van der Waals surface area contributed by atoms with Crippen LogP contribution in [0.4, 0.5) is 0 Å². The predicted molar refractivity (Wildman–Crippen MR) is 71.4 cm³/mol. The number of benzene rings is 1. The molecule has 2 rings (SSSR count). The van der Waals surface area contributed by atoms with Crippen molar-refractivity contribution in [2.75, 3.05) is 20.2 Å². The minimum absolute atomic E-state index is 0.0947.